The van der Waals surface area contributed by atoms with Gasteiger partial charge in [0.25, 0.3) is 5.91 Å². The monoisotopic (exact) mass is 311 g/mol. The van der Waals surface area contributed by atoms with Gasteiger partial charge in [-0.25, -0.2) is 4.98 Å². The topological polar surface area (TPSA) is 108 Å². The fourth-order valence-corrected chi connectivity index (χ4v) is 1.65. The van der Waals surface area contributed by atoms with Crippen LogP contribution in [-0.4, -0.2) is 38.6 Å². The average Bonchev–Trinajstić information content (AvgIpc) is 2.89. The van der Waals surface area contributed by atoms with E-state index >= 15 is 0 Å². The number of pyridine rings is 1. The van der Waals surface area contributed by atoms with Gasteiger partial charge in [-0.1, -0.05) is 5.21 Å². The Morgan fingerprint density at radius 1 is 1.56 bits per heavy atom. The molecule has 0 spiro atoms. The van der Waals surface area contributed by atoms with Gasteiger partial charge in [-0.2, -0.15) is 5.21 Å². The summed E-state index contributed by atoms with van der Waals surface area (Å²) >= 11 is 3.27. The predicted molar refractivity (Wildman–Crippen MR) is 66.8 cm³/mol. The van der Waals surface area contributed by atoms with E-state index in [4.69, 9.17) is 0 Å². The van der Waals surface area contributed by atoms with Crippen molar-refractivity contribution in [1.82, 2.24) is 30.9 Å². The lowest BCUT2D eigenvalue weighted by molar-refractivity contribution is 0.0950. The number of tetrazole rings is 1. The van der Waals surface area contributed by atoms with Crippen molar-refractivity contribution in [2.24, 2.45) is 0 Å². The van der Waals surface area contributed by atoms with Crippen LogP contribution in [0, 0.1) is 0 Å². The first kappa shape index (κ1) is 12.4. The third kappa shape index (κ3) is 2.80. The highest BCUT2D eigenvalue weighted by Gasteiger charge is 2.13. The maximum atomic E-state index is 12.0. The number of aromatic nitrogens is 5. The zero-order chi connectivity index (χ0) is 13.0. The molecule has 0 saturated carbocycles. The minimum atomic E-state index is -0.266. The molecule has 3 N–H and O–H groups in total. The molecular formula is C9H10BrN7O. The molecule has 0 aliphatic heterocycles. The number of hydrogen-bond acceptors (Lipinski definition) is 6. The molecule has 0 unspecified atom stereocenters. The molecule has 2 aromatic heterocycles. The Balaban J connectivity index is 2.10. The van der Waals surface area contributed by atoms with Gasteiger partial charge in [-0.05, 0) is 22.0 Å². The van der Waals surface area contributed by atoms with E-state index in [0.29, 0.717) is 17.2 Å². The largest absolute Gasteiger partial charge is 0.372 e. The number of anilines is 1. The van der Waals surface area contributed by atoms with Crippen LogP contribution in [0.1, 0.15) is 16.2 Å². The molecule has 2 rings (SSSR count). The van der Waals surface area contributed by atoms with Crippen LogP contribution >= 0.6 is 15.9 Å². The van der Waals surface area contributed by atoms with E-state index < -0.39 is 0 Å². The number of halogens is 1. The molecule has 2 aromatic rings. The number of aromatic amines is 1. The third-order valence-electron chi connectivity index (χ3n) is 2.13. The van der Waals surface area contributed by atoms with Crippen LogP contribution in [0.2, 0.25) is 0 Å². The SMILES string of the molecule is CNc1ncc(Br)cc1C(=O)NCc1nn[nH]n1. The molecule has 0 aliphatic carbocycles. The number of hydrogen-bond donors (Lipinski definition) is 3. The second-order valence-corrected chi connectivity index (χ2v) is 4.23. The van der Waals surface area contributed by atoms with E-state index in [0.717, 1.165) is 4.47 Å². The van der Waals surface area contributed by atoms with Crippen LogP contribution in [0.5, 0.6) is 0 Å². The first-order valence-corrected chi connectivity index (χ1v) is 5.84. The van der Waals surface area contributed by atoms with E-state index in [1.165, 1.54) is 0 Å². The standard InChI is InChI=1S/C9H10BrN7O/c1-11-8-6(2-5(10)3-12-8)9(18)13-4-7-14-16-17-15-7/h2-3H,4H2,1H3,(H,11,12)(H,13,18)(H,14,15,16,17). The molecule has 9 heteroatoms. The van der Waals surface area contributed by atoms with Crippen molar-refractivity contribution in [3.8, 4) is 0 Å². The Kier molecular flexibility index (Phi) is 3.82. The van der Waals surface area contributed by atoms with E-state index in [1.807, 2.05) is 0 Å². The van der Waals surface area contributed by atoms with Crippen LogP contribution in [0.15, 0.2) is 16.7 Å². The Bertz CT molecular complexity index is 542. The van der Waals surface area contributed by atoms with Gasteiger partial charge in [0.05, 0.1) is 12.1 Å². The van der Waals surface area contributed by atoms with Crippen molar-refractivity contribution in [2.45, 2.75) is 6.54 Å². The Hall–Kier alpha value is -2.03. The summed E-state index contributed by atoms with van der Waals surface area (Å²) in [6.45, 7) is 0.199. The van der Waals surface area contributed by atoms with Gasteiger partial charge >= 0.3 is 0 Å². The highest BCUT2D eigenvalue weighted by molar-refractivity contribution is 9.10. The highest BCUT2D eigenvalue weighted by Crippen LogP contribution is 2.17. The van der Waals surface area contributed by atoms with E-state index in [9.17, 15) is 4.79 Å². The van der Waals surface area contributed by atoms with Crippen LogP contribution in [-0.2, 0) is 6.54 Å². The van der Waals surface area contributed by atoms with Crippen LogP contribution in [0.4, 0.5) is 5.82 Å². The van der Waals surface area contributed by atoms with Crippen LogP contribution < -0.4 is 10.6 Å². The lowest BCUT2D eigenvalue weighted by Crippen LogP contribution is -2.24. The fourth-order valence-electron chi connectivity index (χ4n) is 1.32. The molecule has 0 saturated heterocycles. The smallest absolute Gasteiger partial charge is 0.255 e. The zero-order valence-corrected chi connectivity index (χ0v) is 11.0. The molecule has 2 heterocycles. The molecule has 1 amide bonds. The average molecular weight is 312 g/mol. The number of nitrogens with zero attached hydrogens (tertiary/aromatic N) is 4. The summed E-state index contributed by atoms with van der Waals surface area (Å²) in [5.41, 5.74) is 0.440. The summed E-state index contributed by atoms with van der Waals surface area (Å²) < 4.78 is 0.728. The summed E-state index contributed by atoms with van der Waals surface area (Å²) in [7, 11) is 1.70. The van der Waals surface area contributed by atoms with Gasteiger partial charge < -0.3 is 10.6 Å². The second-order valence-electron chi connectivity index (χ2n) is 3.31. The number of H-pyrrole nitrogens is 1. The minimum Gasteiger partial charge on any atom is -0.372 e. The predicted octanol–water partition coefficient (Wildman–Crippen LogP) is 0.329. The summed E-state index contributed by atoms with van der Waals surface area (Å²) in [6, 6.07) is 1.68. The minimum absolute atomic E-state index is 0.199. The highest BCUT2D eigenvalue weighted by atomic mass is 79.9. The molecule has 8 nitrogen and oxygen atoms in total. The van der Waals surface area contributed by atoms with Crippen molar-refractivity contribution < 1.29 is 4.79 Å². The van der Waals surface area contributed by atoms with Gasteiger partial charge in [0.1, 0.15) is 5.82 Å². The molecule has 18 heavy (non-hydrogen) atoms. The zero-order valence-electron chi connectivity index (χ0n) is 9.44. The summed E-state index contributed by atoms with van der Waals surface area (Å²) in [4.78, 5) is 16.1. The number of carbonyl (C=O) groups is 1. The van der Waals surface area contributed by atoms with Gasteiger partial charge in [0.2, 0.25) is 0 Å². The molecule has 0 bridgehead atoms. The van der Waals surface area contributed by atoms with Gasteiger partial charge in [0.15, 0.2) is 5.82 Å². The van der Waals surface area contributed by atoms with Crippen molar-refractivity contribution in [3.05, 3.63) is 28.1 Å². The lowest BCUT2D eigenvalue weighted by Gasteiger charge is -2.08. The van der Waals surface area contributed by atoms with E-state index in [2.05, 4.69) is 52.2 Å². The van der Waals surface area contributed by atoms with Crippen molar-refractivity contribution >= 4 is 27.7 Å². The van der Waals surface area contributed by atoms with Crippen LogP contribution in [0.3, 0.4) is 0 Å². The third-order valence-corrected chi connectivity index (χ3v) is 2.57. The van der Waals surface area contributed by atoms with Crippen molar-refractivity contribution in [2.75, 3.05) is 12.4 Å². The fraction of sp³-hybridized carbons (Fsp3) is 0.222. The number of carbonyl (C=O) groups excluding carboxylic acids is 1. The summed E-state index contributed by atoms with van der Waals surface area (Å²) in [5, 5.41) is 18.7. The molecule has 94 valence electrons. The van der Waals surface area contributed by atoms with Gasteiger partial charge in [-0.3, -0.25) is 4.79 Å². The maximum absolute atomic E-state index is 12.0. The van der Waals surface area contributed by atoms with Gasteiger partial charge in [0, 0.05) is 17.7 Å². The van der Waals surface area contributed by atoms with E-state index in [-0.39, 0.29) is 12.5 Å². The van der Waals surface area contributed by atoms with Crippen LogP contribution in [0.25, 0.3) is 0 Å². The molecule has 0 radical (unpaired) electrons. The molecule has 0 aromatic carbocycles. The molecule has 0 atom stereocenters. The summed E-state index contributed by atoms with van der Waals surface area (Å²) in [6.07, 6.45) is 1.61. The van der Waals surface area contributed by atoms with Gasteiger partial charge in [-0.15, -0.1) is 10.2 Å². The molecular weight excluding hydrogens is 302 g/mol. The summed E-state index contributed by atoms with van der Waals surface area (Å²) in [5.74, 6) is 0.652. The normalized spacial score (nSPS) is 10.1. The quantitative estimate of drug-likeness (QED) is 0.751. The first-order chi connectivity index (χ1) is 8.70. The first-order valence-electron chi connectivity index (χ1n) is 5.04. The second kappa shape index (κ2) is 5.54. The Morgan fingerprint density at radius 2 is 2.39 bits per heavy atom. The number of nitrogens with one attached hydrogen (secondary N) is 3. The van der Waals surface area contributed by atoms with Crippen molar-refractivity contribution in [1.29, 1.82) is 0 Å². The van der Waals surface area contributed by atoms with Crippen molar-refractivity contribution in [3.63, 3.8) is 0 Å². The Labute approximate surface area is 111 Å². The molecule has 0 aliphatic rings. The van der Waals surface area contributed by atoms with E-state index in [1.54, 1.807) is 19.3 Å². The number of rotatable bonds is 4. The molecule has 0 fully saturated rings. The Morgan fingerprint density at radius 3 is 3.06 bits per heavy atom. The lowest BCUT2D eigenvalue weighted by atomic mass is 10.2. The maximum Gasteiger partial charge on any atom is 0.255 e. The number of amides is 1.